The van der Waals surface area contributed by atoms with Gasteiger partial charge in [0.25, 0.3) is 0 Å². The van der Waals surface area contributed by atoms with Crippen LogP contribution in [-0.4, -0.2) is 37.5 Å². The number of aliphatic hydroxyl groups excluding tert-OH is 1. The lowest BCUT2D eigenvalue weighted by Gasteiger charge is -2.07. The molecule has 0 saturated carbocycles. The first-order valence-corrected chi connectivity index (χ1v) is 10.5. The minimum absolute atomic E-state index is 0.0622. The highest BCUT2D eigenvalue weighted by Gasteiger charge is 2.21. The molecule has 1 atom stereocenters. The summed E-state index contributed by atoms with van der Waals surface area (Å²) in [7, 11) is 0. The molecule has 0 aliphatic heterocycles. The first kappa shape index (κ1) is 22.6. The van der Waals surface area contributed by atoms with Crippen molar-refractivity contribution in [2.24, 2.45) is 0 Å². The molecular weight excluding hydrogens is 427 g/mol. The summed E-state index contributed by atoms with van der Waals surface area (Å²) >= 11 is 1.11. The summed E-state index contributed by atoms with van der Waals surface area (Å²) < 4.78 is 20.4. The summed E-state index contributed by atoms with van der Waals surface area (Å²) in [5.74, 6) is -2.49. The number of hydrogen-bond donors (Lipinski definition) is 2. The molecule has 2 aromatic heterocycles. The minimum Gasteiger partial charge on any atom is -0.481 e. The maximum atomic E-state index is 13.8. The molecule has 0 radical (unpaired) electrons. The van der Waals surface area contributed by atoms with Crippen molar-refractivity contribution in [1.82, 2.24) is 9.55 Å². The lowest BCUT2D eigenvalue weighted by molar-refractivity contribution is -0.147. The molecule has 1 aromatic carbocycles. The number of ether oxygens (including phenoxy) is 1. The zero-order valence-corrected chi connectivity index (χ0v) is 17.5. The van der Waals surface area contributed by atoms with Crippen molar-refractivity contribution < 1.29 is 33.7 Å². The van der Waals surface area contributed by atoms with Gasteiger partial charge >= 0.3 is 11.9 Å². The number of nitrogens with zero attached hydrogens (tertiary/aromatic N) is 2. The lowest BCUT2D eigenvalue weighted by atomic mass is 10.1. The zero-order valence-electron chi connectivity index (χ0n) is 16.7. The third kappa shape index (κ3) is 5.33. The molecule has 0 saturated heterocycles. The van der Waals surface area contributed by atoms with Crippen LogP contribution in [0.2, 0.25) is 0 Å². The number of fused-ring (bicyclic) bond motifs is 1. The molecule has 2 N–H and O–H groups in total. The molecule has 8 nitrogen and oxygen atoms in total. The van der Waals surface area contributed by atoms with Gasteiger partial charge in [0, 0.05) is 29.8 Å². The Labute approximate surface area is 180 Å². The smallest absolute Gasteiger partial charge is 0.307 e. The summed E-state index contributed by atoms with van der Waals surface area (Å²) in [6.07, 6.45) is 1.12. The van der Waals surface area contributed by atoms with Crippen molar-refractivity contribution in [2.75, 3.05) is 0 Å². The monoisotopic (exact) mass is 448 g/mol. The fourth-order valence-corrected chi connectivity index (χ4v) is 3.84. The number of halogens is 1. The molecule has 3 aromatic rings. The SMILES string of the molecule is CCC(O)c1csc(C(=O)c2cn(COC(=O)CCCC(=O)O)c3cc(F)ccc23)n1. The minimum atomic E-state index is -1.00. The van der Waals surface area contributed by atoms with Gasteiger partial charge in [-0.05, 0) is 31.0 Å². The number of rotatable bonds is 10. The molecule has 0 amide bonds. The first-order valence-electron chi connectivity index (χ1n) is 9.64. The van der Waals surface area contributed by atoms with Crippen molar-refractivity contribution in [3.05, 3.63) is 51.9 Å². The Kier molecular flexibility index (Phi) is 7.13. The number of benzene rings is 1. The van der Waals surface area contributed by atoms with Gasteiger partial charge in [-0.15, -0.1) is 11.3 Å². The second kappa shape index (κ2) is 9.80. The summed E-state index contributed by atoms with van der Waals surface area (Å²) in [6, 6.07) is 3.94. The van der Waals surface area contributed by atoms with Gasteiger partial charge in [-0.2, -0.15) is 0 Å². The number of aliphatic hydroxyl groups is 1. The number of hydrogen-bond acceptors (Lipinski definition) is 7. The van der Waals surface area contributed by atoms with Crippen molar-refractivity contribution in [2.45, 2.75) is 45.4 Å². The van der Waals surface area contributed by atoms with Crippen molar-refractivity contribution in [3.63, 3.8) is 0 Å². The highest BCUT2D eigenvalue weighted by Crippen LogP contribution is 2.27. The van der Waals surface area contributed by atoms with Crippen LogP contribution in [0.25, 0.3) is 10.9 Å². The molecule has 0 spiro atoms. The molecule has 31 heavy (non-hydrogen) atoms. The number of aliphatic carboxylic acids is 1. The van der Waals surface area contributed by atoms with E-state index < -0.39 is 23.9 Å². The van der Waals surface area contributed by atoms with E-state index in [1.807, 2.05) is 0 Å². The third-order valence-electron chi connectivity index (χ3n) is 4.67. The summed E-state index contributed by atoms with van der Waals surface area (Å²) in [5, 5.41) is 20.8. The van der Waals surface area contributed by atoms with Gasteiger partial charge in [0.15, 0.2) is 11.7 Å². The number of carboxylic acid groups (broad SMARTS) is 1. The fraction of sp³-hybridized carbons (Fsp3) is 0.333. The normalized spacial score (nSPS) is 12.1. The molecule has 2 heterocycles. The number of carboxylic acids is 1. The number of carbonyl (C=O) groups is 3. The van der Waals surface area contributed by atoms with Crippen LogP contribution >= 0.6 is 11.3 Å². The van der Waals surface area contributed by atoms with Crippen LogP contribution in [0, 0.1) is 5.82 Å². The predicted molar refractivity (Wildman–Crippen MR) is 110 cm³/mol. The molecule has 1 unspecified atom stereocenters. The van der Waals surface area contributed by atoms with Crippen molar-refractivity contribution in [3.8, 4) is 0 Å². The predicted octanol–water partition coefficient (Wildman–Crippen LogP) is 3.67. The van der Waals surface area contributed by atoms with E-state index in [1.165, 1.54) is 29.0 Å². The number of aromatic nitrogens is 2. The molecule has 10 heteroatoms. The van der Waals surface area contributed by atoms with E-state index in [0.29, 0.717) is 23.0 Å². The standard InChI is InChI=1S/C21H21FN2O6S/c1-2-17(25)15-10-31-21(23-15)20(29)14-9-24(16-8-12(22)6-7-13(14)16)11-30-19(28)5-3-4-18(26)27/h6-10,17,25H,2-5,11H2,1H3,(H,26,27). The average Bonchev–Trinajstić information content (AvgIpc) is 3.36. The Morgan fingerprint density at radius 2 is 2.06 bits per heavy atom. The number of thiazole rings is 1. The number of ketones is 1. The van der Waals surface area contributed by atoms with Gasteiger partial charge in [0.05, 0.1) is 22.9 Å². The molecule has 0 aliphatic carbocycles. The van der Waals surface area contributed by atoms with Crippen LogP contribution in [0.3, 0.4) is 0 Å². The Morgan fingerprint density at radius 3 is 2.77 bits per heavy atom. The zero-order chi connectivity index (χ0) is 22.5. The summed E-state index contributed by atoms with van der Waals surface area (Å²) in [6.45, 7) is 1.55. The highest BCUT2D eigenvalue weighted by molar-refractivity contribution is 7.12. The van der Waals surface area contributed by atoms with E-state index in [2.05, 4.69) is 4.98 Å². The van der Waals surface area contributed by atoms with Crippen LogP contribution in [0.5, 0.6) is 0 Å². The molecular formula is C21H21FN2O6S. The molecule has 0 aliphatic rings. The van der Waals surface area contributed by atoms with Crippen LogP contribution in [-0.2, 0) is 21.1 Å². The Bertz CT molecular complexity index is 1120. The van der Waals surface area contributed by atoms with Crippen molar-refractivity contribution in [1.29, 1.82) is 0 Å². The Morgan fingerprint density at radius 1 is 1.29 bits per heavy atom. The van der Waals surface area contributed by atoms with Gasteiger partial charge in [0.1, 0.15) is 5.82 Å². The number of carbonyl (C=O) groups excluding carboxylic acids is 2. The van der Waals surface area contributed by atoms with Gasteiger partial charge in [-0.25, -0.2) is 9.37 Å². The largest absolute Gasteiger partial charge is 0.481 e. The molecule has 3 rings (SSSR count). The third-order valence-corrected chi connectivity index (χ3v) is 5.53. The van der Waals surface area contributed by atoms with E-state index in [9.17, 15) is 23.9 Å². The van der Waals surface area contributed by atoms with Gasteiger partial charge < -0.3 is 19.5 Å². The van der Waals surface area contributed by atoms with E-state index in [4.69, 9.17) is 9.84 Å². The van der Waals surface area contributed by atoms with Crippen LogP contribution < -0.4 is 0 Å². The van der Waals surface area contributed by atoms with E-state index in [-0.39, 0.29) is 42.3 Å². The summed E-state index contributed by atoms with van der Waals surface area (Å²) in [4.78, 5) is 39.6. The maximum Gasteiger partial charge on any atom is 0.307 e. The highest BCUT2D eigenvalue weighted by atomic mass is 32.1. The van der Waals surface area contributed by atoms with Crippen LogP contribution in [0.1, 0.15) is 59.8 Å². The molecule has 0 bridgehead atoms. The van der Waals surface area contributed by atoms with Crippen LogP contribution in [0.4, 0.5) is 4.39 Å². The van der Waals surface area contributed by atoms with Gasteiger partial charge in [-0.3, -0.25) is 14.4 Å². The number of esters is 1. The van der Waals surface area contributed by atoms with Crippen LogP contribution in [0.15, 0.2) is 29.8 Å². The van der Waals surface area contributed by atoms with E-state index in [1.54, 1.807) is 12.3 Å². The van der Waals surface area contributed by atoms with E-state index >= 15 is 0 Å². The van der Waals surface area contributed by atoms with Crippen molar-refractivity contribution >= 4 is 40.0 Å². The second-order valence-electron chi connectivity index (χ2n) is 6.90. The average molecular weight is 448 g/mol. The molecule has 0 fully saturated rings. The fourth-order valence-electron chi connectivity index (χ4n) is 3.02. The van der Waals surface area contributed by atoms with Gasteiger partial charge in [0.2, 0.25) is 5.78 Å². The van der Waals surface area contributed by atoms with E-state index in [0.717, 1.165) is 11.3 Å². The Balaban J connectivity index is 1.83. The Hall–Kier alpha value is -3.11. The lowest BCUT2D eigenvalue weighted by Crippen LogP contribution is -2.09. The maximum absolute atomic E-state index is 13.8. The topological polar surface area (TPSA) is 119 Å². The quantitative estimate of drug-likeness (QED) is 0.359. The first-order chi connectivity index (χ1) is 14.8. The van der Waals surface area contributed by atoms with Gasteiger partial charge in [-0.1, -0.05) is 6.92 Å². The molecule has 164 valence electrons. The second-order valence-corrected chi connectivity index (χ2v) is 7.76. The summed E-state index contributed by atoms with van der Waals surface area (Å²) in [5.41, 5.74) is 1.05.